The number of likely N-dealkylation sites (tertiary alicyclic amines) is 2. The second-order valence-electron chi connectivity index (χ2n) is 7.54. The summed E-state index contributed by atoms with van der Waals surface area (Å²) in [5.41, 5.74) is 1.10. The van der Waals surface area contributed by atoms with Gasteiger partial charge in [0.1, 0.15) is 0 Å². The average molecular weight is 357 g/mol. The van der Waals surface area contributed by atoms with Gasteiger partial charge in [-0.15, -0.1) is 0 Å². The molecule has 5 nitrogen and oxygen atoms in total. The molecule has 0 aromatic carbocycles. The third-order valence-electron chi connectivity index (χ3n) is 5.67. The van der Waals surface area contributed by atoms with Gasteiger partial charge in [-0.3, -0.25) is 14.6 Å². The molecule has 3 rings (SSSR count). The largest absolute Gasteiger partial charge is 0.342 e. The zero-order valence-electron chi connectivity index (χ0n) is 15.7. The number of piperidine rings is 1. The molecule has 0 spiro atoms. The number of amides is 2. The minimum atomic E-state index is 0.216. The molecule has 1 atom stereocenters. The highest BCUT2D eigenvalue weighted by Crippen LogP contribution is 2.22. The Hall–Kier alpha value is -1.91. The second-order valence-corrected chi connectivity index (χ2v) is 7.54. The fraction of sp³-hybridized carbons (Fsp3) is 0.667. The van der Waals surface area contributed by atoms with Gasteiger partial charge in [-0.2, -0.15) is 0 Å². The lowest BCUT2D eigenvalue weighted by Crippen LogP contribution is -2.45. The standard InChI is InChI=1S/C21H31N3O2/c25-20-10-2-1-6-15-23(20)17-13-21(26)24-16-7-4-9-19(24)12-11-18-8-3-5-14-22-18/h3,5,8,14,19H,1-2,4,6-7,9-13,15-17H2. The van der Waals surface area contributed by atoms with Crippen LogP contribution in [0.3, 0.4) is 0 Å². The van der Waals surface area contributed by atoms with Crippen LogP contribution in [0.2, 0.25) is 0 Å². The quantitative estimate of drug-likeness (QED) is 0.786. The molecule has 2 amide bonds. The van der Waals surface area contributed by atoms with Gasteiger partial charge in [-0.25, -0.2) is 0 Å². The van der Waals surface area contributed by atoms with Gasteiger partial charge in [-0.05, 0) is 57.1 Å². The Balaban J connectivity index is 1.51. The number of rotatable bonds is 6. The Morgan fingerprint density at radius 2 is 2.00 bits per heavy atom. The number of carbonyl (C=O) groups excluding carboxylic acids is 2. The third kappa shape index (κ3) is 5.29. The summed E-state index contributed by atoms with van der Waals surface area (Å²) in [5.74, 6) is 0.438. The zero-order chi connectivity index (χ0) is 18.2. The van der Waals surface area contributed by atoms with Crippen LogP contribution < -0.4 is 0 Å². The molecule has 0 N–H and O–H groups in total. The summed E-state index contributed by atoms with van der Waals surface area (Å²) in [6, 6.07) is 6.33. The van der Waals surface area contributed by atoms with E-state index in [0.29, 0.717) is 25.4 Å². The Bertz CT molecular complexity index is 590. The smallest absolute Gasteiger partial charge is 0.224 e. The maximum absolute atomic E-state index is 12.8. The number of nitrogens with zero attached hydrogens (tertiary/aromatic N) is 3. The van der Waals surface area contributed by atoms with Crippen molar-refractivity contribution in [2.45, 2.75) is 70.3 Å². The highest BCUT2D eigenvalue weighted by molar-refractivity contribution is 5.79. The molecular formula is C21H31N3O2. The van der Waals surface area contributed by atoms with Crippen LogP contribution in [0.4, 0.5) is 0 Å². The number of carbonyl (C=O) groups is 2. The molecule has 26 heavy (non-hydrogen) atoms. The summed E-state index contributed by atoms with van der Waals surface area (Å²) in [4.78, 5) is 33.3. The van der Waals surface area contributed by atoms with Crippen molar-refractivity contribution in [1.82, 2.24) is 14.8 Å². The molecule has 1 aromatic heterocycles. The third-order valence-corrected chi connectivity index (χ3v) is 5.67. The van der Waals surface area contributed by atoms with Gasteiger partial charge in [0, 0.05) is 50.4 Å². The first-order valence-corrected chi connectivity index (χ1v) is 10.2. The highest BCUT2D eigenvalue weighted by atomic mass is 16.2. The van der Waals surface area contributed by atoms with Crippen molar-refractivity contribution in [3.8, 4) is 0 Å². The molecule has 0 saturated carbocycles. The normalized spacial score (nSPS) is 21.5. The van der Waals surface area contributed by atoms with E-state index in [-0.39, 0.29) is 11.8 Å². The molecule has 0 bridgehead atoms. The van der Waals surface area contributed by atoms with Crippen molar-refractivity contribution in [2.75, 3.05) is 19.6 Å². The molecule has 2 aliphatic heterocycles. The number of aromatic nitrogens is 1. The molecule has 142 valence electrons. The fourth-order valence-electron chi connectivity index (χ4n) is 4.14. The highest BCUT2D eigenvalue weighted by Gasteiger charge is 2.27. The Labute approximate surface area is 156 Å². The van der Waals surface area contributed by atoms with E-state index in [1.807, 2.05) is 23.2 Å². The number of pyridine rings is 1. The Morgan fingerprint density at radius 3 is 2.85 bits per heavy atom. The van der Waals surface area contributed by atoms with E-state index >= 15 is 0 Å². The Kier molecular flexibility index (Phi) is 7.04. The van der Waals surface area contributed by atoms with Gasteiger partial charge in [0.15, 0.2) is 0 Å². The van der Waals surface area contributed by atoms with Crippen molar-refractivity contribution >= 4 is 11.8 Å². The zero-order valence-corrected chi connectivity index (χ0v) is 15.7. The Morgan fingerprint density at radius 1 is 1.12 bits per heavy atom. The molecule has 5 heteroatoms. The van der Waals surface area contributed by atoms with Gasteiger partial charge in [0.2, 0.25) is 11.8 Å². The van der Waals surface area contributed by atoms with Crippen LogP contribution >= 0.6 is 0 Å². The predicted molar refractivity (Wildman–Crippen MR) is 102 cm³/mol. The predicted octanol–water partition coefficient (Wildman–Crippen LogP) is 3.19. The lowest BCUT2D eigenvalue weighted by molar-refractivity contribution is -0.136. The van der Waals surface area contributed by atoms with Crippen LogP contribution in [0, 0.1) is 0 Å². The molecule has 2 saturated heterocycles. The van der Waals surface area contributed by atoms with Crippen LogP contribution in [0.1, 0.15) is 63.5 Å². The first kappa shape index (κ1) is 18.9. The molecule has 2 fully saturated rings. The second kappa shape index (κ2) is 9.70. The van der Waals surface area contributed by atoms with Crippen molar-refractivity contribution in [3.63, 3.8) is 0 Å². The van der Waals surface area contributed by atoms with Gasteiger partial charge in [-0.1, -0.05) is 12.5 Å². The van der Waals surface area contributed by atoms with Crippen LogP contribution in [0.15, 0.2) is 24.4 Å². The van der Waals surface area contributed by atoms with Crippen molar-refractivity contribution in [2.24, 2.45) is 0 Å². The maximum atomic E-state index is 12.8. The molecule has 0 radical (unpaired) electrons. The molecular weight excluding hydrogens is 326 g/mol. The van der Waals surface area contributed by atoms with E-state index in [1.54, 1.807) is 0 Å². The summed E-state index contributed by atoms with van der Waals surface area (Å²) in [7, 11) is 0. The van der Waals surface area contributed by atoms with E-state index in [9.17, 15) is 9.59 Å². The lowest BCUT2D eigenvalue weighted by Gasteiger charge is -2.36. The van der Waals surface area contributed by atoms with Gasteiger partial charge in [0.25, 0.3) is 0 Å². The maximum Gasteiger partial charge on any atom is 0.224 e. The summed E-state index contributed by atoms with van der Waals surface area (Å²) >= 11 is 0. The van der Waals surface area contributed by atoms with Gasteiger partial charge < -0.3 is 9.80 Å². The molecule has 2 aliphatic rings. The number of hydrogen-bond acceptors (Lipinski definition) is 3. The van der Waals surface area contributed by atoms with E-state index in [4.69, 9.17) is 0 Å². The van der Waals surface area contributed by atoms with Crippen LogP contribution in [-0.4, -0.2) is 52.3 Å². The molecule has 1 aromatic rings. The SMILES string of the molecule is O=C1CCCCCN1CCC(=O)N1CCCCC1CCc1ccccn1. The number of aryl methyl sites for hydroxylation is 1. The summed E-state index contributed by atoms with van der Waals surface area (Å²) in [6.45, 7) is 2.26. The van der Waals surface area contributed by atoms with Gasteiger partial charge >= 0.3 is 0 Å². The summed E-state index contributed by atoms with van der Waals surface area (Å²) in [5, 5.41) is 0. The van der Waals surface area contributed by atoms with Crippen LogP contribution in [0.25, 0.3) is 0 Å². The van der Waals surface area contributed by atoms with E-state index in [0.717, 1.165) is 63.7 Å². The van der Waals surface area contributed by atoms with Crippen molar-refractivity contribution in [1.29, 1.82) is 0 Å². The first-order valence-electron chi connectivity index (χ1n) is 10.2. The molecule has 0 aliphatic carbocycles. The minimum absolute atomic E-state index is 0.216. The van der Waals surface area contributed by atoms with Crippen molar-refractivity contribution < 1.29 is 9.59 Å². The average Bonchev–Trinajstić information content (AvgIpc) is 2.89. The van der Waals surface area contributed by atoms with Crippen molar-refractivity contribution in [3.05, 3.63) is 30.1 Å². The van der Waals surface area contributed by atoms with E-state index < -0.39 is 0 Å². The lowest BCUT2D eigenvalue weighted by atomic mass is 9.96. The molecule has 3 heterocycles. The summed E-state index contributed by atoms with van der Waals surface area (Å²) in [6.07, 6.45) is 11.4. The monoisotopic (exact) mass is 357 g/mol. The minimum Gasteiger partial charge on any atom is -0.342 e. The first-order chi connectivity index (χ1) is 12.7. The summed E-state index contributed by atoms with van der Waals surface area (Å²) < 4.78 is 0. The van der Waals surface area contributed by atoms with Gasteiger partial charge in [0.05, 0.1) is 0 Å². The van der Waals surface area contributed by atoms with E-state index in [2.05, 4.69) is 16.0 Å². The molecule has 1 unspecified atom stereocenters. The van der Waals surface area contributed by atoms with E-state index in [1.165, 1.54) is 6.42 Å². The van der Waals surface area contributed by atoms with Crippen LogP contribution in [0.5, 0.6) is 0 Å². The van der Waals surface area contributed by atoms with Crippen LogP contribution in [-0.2, 0) is 16.0 Å². The number of hydrogen-bond donors (Lipinski definition) is 0. The topological polar surface area (TPSA) is 53.5 Å². The fourth-order valence-corrected chi connectivity index (χ4v) is 4.14.